The third-order valence-corrected chi connectivity index (χ3v) is 3.66. The van der Waals surface area contributed by atoms with Crippen molar-refractivity contribution in [1.29, 1.82) is 0 Å². The van der Waals surface area contributed by atoms with Crippen LogP contribution in [-0.4, -0.2) is 41.6 Å². The summed E-state index contributed by atoms with van der Waals surface area (Å²) >= 11 is 0. The first-order valence-electron chi connectivity index (χ1n) is 6.58. The Morgan fingerprint density at radius 3 is 2.94 bits per heavy atom. The number of carbonyl (C=O) groups is 1. The minimum absolute atomic E-state index is 0.0748. The van der Waals surface area contributed by atoms with E-state index in [4.69, 9.17) is 4.52 Å². The summed E-state index contributed by atoms with van der Waals surface area (Å²) in [6.07, 6.45) is 2.38. The second-order valence-electron chi connectivity index (χ2n) is 4.83. The molecule has 0 aliphatic carbocycles. The van der Waals surface area contributed by atoms with Crippen molar-refractivity contribution < 1.29 is 9.32 Å². The lowest BCUT2D eigenvalue weighted by molar-refractivity contribution is 0.0939. The van der Waals surface area contributed by atoms with Crippen molar-refractivity contribution in [1.82, 2.24) is 15.4 Å². The Morgan fingerprint density at radius 2 is 2.33 bits per heavy atom. The summed E-state index contributed by atoms with van der Waals surface area (Å²) in [5.41, 5.74) is 1.24. The number of hydrogen-bond acceptors (Lipinski definition) is 4. The van der Waals surface area contributed by atoms with E-state index in [-0.39, 0.29) is 5.91 Å². The number of likely N-dealkylation sites (N-methyl/N-ethyl adjacent to an activating group) is 1. The van der Waals surface area contributed by atoms with Crippen LogP contribution in [0, 0.1) is 13.8 Å². The number of hydrogen-bond donors (Lipinski definition) is 1. The number of aryl methyl sites for hydroxylation is 2. The normalized spacial score (nSPS) is 20.3. The van der Waals surface area contributed by atoms with Gasteiger partial charge in [-0.25, -0.2) is 0 Å². The van der Waals surface area contributed by atoms with Crippen molar-refractivity contribution in [3.8, 4) is 0 Å². The first kappa shape index (κ1) is 13.1. The molecule has 0 radical (unpaired) electrons. The van der Waals surface area contributed by atoms with Crippen LogP contribution in [0.2, 0.25) is 0 Å². The van der Waals surface area contributed by atoms with Gasteiger partial charge in [0.1, 0.15) is 11.3 Å². The number of nitrogens with zero attached hydrogens (tertiary/aromatic N) is 2. The van der Waals surface area contributed by atoms with E-state index in [0.29, 0.717) is 29.6 Å². The summed E-state index contributed by atoms with van der Waals surface area (Å²) in [5.74, 6) is 0.512. The molecule has 1 N–H and O–H groups in total. The van der Waals surface area contributed by atoms with Gasteiger partial charge in [0.25, 0.3) is 5.91 Å². The molecule has 1 aliphatic rings. The maximum absolute atomic E-state index is 12.1. The average molecular weight is 251 g/mol. The molecule has 1 fully saturated rings. The number of likely N-dealkylation sites (tertiary alicyclic amines) is 1. The number of rotatable bonds is 4. The first-order valence-corrected chi connectivity index (χ1v) is 6.58. The SMILES string of the molecule is CCN1CCC[C@H]1CNC(=O)c1c(C)noc1C. The van der Waals surface area contributed by atoms with Crippen LogP contribution in [0.25, 0.3) is 0 Å². The van der Waals surface area contributed by atoms with Gasteiger partial charge >= 0.3 is 0 Å². The number of amides is 1. The lowest BCUT2D eigenvalue weighted by atomic mass is 10.1. The summed E-state index contributed by atoms with van der Waals surface area (Å²) < 4.78 is 5.01. The third-order valence-electron chi connectivity index (χ3n) is 3.66. The van der Waals surface area contributed by atoms with Crippen LogP contribution in [0.4, 0.5) is 0 Å². The smallest absolute Gasteiger partial charge is 0.256 e. The highest BCUT2D eigenvalue weighted by Gasteiger charge is 2.24. The molecule has 2 rings (SSSR count). The lowest BCUT2D eigenvalue weighted by Gasteiger charge is -2.22. The monoisotopic (exact) mass is 251 g/mol. The highest BCUT2D eigenvalue weighted by Crippen LogP contribution is 2.16. The Kier molecular flexibility index (Phi) is 4.01. The summed E-state index contributed by atoms with van der Waals surface area (Å²) in [6.45, 7) is 8.61. The van der Waals surface area contributed by atoms with Gasteiger partial charge in [-0.05, 0) is 39.8 Å². The second kappa shape index (κ2) is 5.52. The fraction of sp³-hybridized carbons (Fsp3) is 0.692. The molecule has 1 aromatic heterocycles. The molecule has 0 spiro atoms. The van der Waals surface area contributed by atoms with Crippen LogP contribution in [0.3, 0.4) is 0 Å². The fourth-order valence-electron chi connectivity index (χ4n) is 2.65. The quantitative estimate of drug-likeness (QED) is 0.881. The van der Waals surface area contributed by atoms with Gasteiger partial charge in [0, 0.05) is 12.6 Å². The summed E-state index contributed by atoms with van der Waals surface area (Å²) in [4.78, 5) is 14.5. The summed E-state index contributed by atoms with van der Waals surface area (Å²) in [7, 11) is 0. The summed E-state index contributed by atoms with van der Waals surface area (Å²) in [6, 6.07) is 0.472. The molecule has 1 atom stereocenters. The van der Waals surface area contributed by atoms with E-state index in [1.807, 2.05) is 0 Å². The highest BCUT2D eigenvalue weighted by molar-refractivity contribution is 5.96. The van der Waals surface area contributed by atoms with Crippen LogP contribution in [-0.2, 0) is 0 Å². The summed E-state index contributed by atoms with van der Waals surface area (Å²) in [5, 5.41) is 6.79. The van der Waals surface area contributed by atoms with E-state index in [2.05, 4.69) is 22.3 Å². The minimum atomic E-state index is -0.0748. The molecule has 5 heteroatoms. The predicted octanol–water partition coefficient (Wildman–Crippen LogP) is 1.51. The molecule has 18 heavy (non-hydrogen) atoms. The van der Waals surface area contributed by atoms with E-state index in [9.17, 15) is 4.79 Å². The average Bonchev–Trinajstić information content (AvgIpc) is 2.93. The van der Waals surface area contributed by atoms with E-state index in [0.717, 1.165) is 19.5 Å². The molecule has 1 amide bonds. The topological polar surface area (TPSA) is 58.4 Å². The Bertz CT molecular complexity index is 408. The number of carbonyl (C=O) groups excluding carboxylic acids is 1. The zero-order chi connectivity index (χ0) is 13.1. The second-order valence-corrected chi connectivity index (χ2v) is 4.83. The molecule has 0 bridgehead atoms. The Hall–Kier alpha value is -1.36. The number of aromatic nitrogens is 1. The maximum atomic E-state index is 12.1. The van der Waals surface area contributed by atoms with Gasteiger partial charge in [-0.15, -0.1) is 0 Å². The molecule has 5 nitrogen and oxygen atoms in total. The zero-order valence-electron chi connectivity index (χ0n) is 11.3. The largest absolute Gasteiger partial charge is 0.361 e. The van der Waals surface area contributed by atoms with Gasteiger partial charge in [0.2, 0.25) is 0 Å². The van der Waals surface area contributed by atoms with E-state index >= 15 is 0 Å². The van der Waals surface area contributed by atoms with Gasteiger partial charge in [-0.1, -0.05) is 12.1 Å². The molecular weight excluding hydrogens is 230 g/mol. The molecule has 1 aromatic rings. The molecule has 2 heterocycles. The lowest BCUT2D eigenvalue weighted by Crippen LogP contribution is -2.40. The van der Waals surface area contributed by atoms with Crippen LogP contribution >= 0.6 is 0 Å². The predicted molar refractivity (Wildman–Crippen MR) is 68.6 cm³/mol. The van der Waals surface area contributed by atoms with Crippen molar-refractivity contribution >= 4 is 5.91 Å². The van der Waals surface area contributed by atoms with Crippen molar-refractivity contribution in [2.45, 2.75) is 39.7 Å². The van der Waals surface area contributed by atoms with Crippen molar-refractivity contribution in [2.24, 2.45) is 0 Å². The molecule has 1 aliphatic heterocycles. The van der Waals surface area contributed by atoms with Crippen LogP contribution in [0.1, 0.15) is 41.6 Å². The fourth-order valence-corrected chi connectivity index (χ4v) is 2.65. The van der Waals surface area contributed by atoms with Crippen LogP contribution in [0.5, 0.6) is 0 Å². The standard InChI is InChI=1S/C13H21N3O2/c1-4-16-7-5-6-11(16)8-14-13(17)12-9(2)15-18-10(12)3/h11H,4-8H2,1-3H3,(H,14,17)/t11-/m0/s1. The van der Waals surface area contributed by atoms with Gasteiger partial charge < -0.3 is 9.84 Å². The van der Waals surface area contributed by atoms with Crippen LogP contribution < -0.4 is 5.32 Å². The Morgan fingerprint density at radius 1 is 1.56 bits per heavy atom. The van der Waals surface area contributed by atoms with Gasteiger partial charge in [0.05, 0.1) is 5.69 Å². The maximum Gasteiger partial charge on any atom is 0.256 e. The molecular formula is C13H21N3O2. The minimum Gasteiger partial charge on any atom is -0.361 e. The number of nitrogens with one attached hydrogen (secondary N) is 1. The van der Waals surface area contributed by atoms with E-state index < -0.39 is 0 Å². The zero-order valence-corrected chi connectivity index (χ0v) is 11.3. The molecule has 1 saturated heterocycles. The van der Waals surface area contributed by atoms with Crippen molar-refractivity contribution in [3.63, 3.8) is 0 Å². The van der Waals surface area contributed by atoms with Crippen molar-refractivity contribution in [2.75, 3.05) is 19.6 Å². The Balaban J connectivity index is 1.93. The molecule has 100 valence electrons. The first-order chi connectivity index (χ1) is 8.63. The van der Waals surface area contributed by atoms with Gasteiger partial charge in [0.15, 0.2) is 0 Å². The molecule has 0 saturated carbocycles. The molecule has 0 aromatic carbocycles. The highest BCUT2D eigenvalue weighted by atomic mass is 16.5. The van der Waals surface area contributed by atoms with Gasteiger partial charge in [-0.3, -0.25) is 9.69 Å². The van der Waals surface area contributed by atoms with Crippen molar-refractivity contribution in [3.05, 3.63) is 17.0 Å². The van der Waals surface area contributed by atoms with Crippen LogP contribution in [0.15, 0.2) is 4.52 Å². The Labute approximate surface area is 108 Å². The third kappa shape index (κ3) is 2.56. The van der Waals surface area contributed by atoms with E-state index in [1.54, 1.807) is 13.8 Å². The molecule has 0 unspecified atom stereocenters. The van der Waals surface area contributed by atoms with E-state index in [1.165, 1.54) is 6.42 Å². The van der Waals surface area contributed by atoms with Gasteiger partial charge in [-0.2, -0.15) is 0 Å².